The predicted molar refractivity (Wildman–Crippen MR) is 62.4 cm³/mol. The maximum Gasteiger partial charge on any atom is 0.311 e. The maximum atomic E-state index is 11.4. The van der Waals surface area contributed by atoms with Crippen molar-refractivity contribution in [1.82, 2.24) is 5.32 Å². The van der Waals surface area contributed by atoms with E-state index in [0.29, 0.717) is 13.0 Å². The van der Waals surface area contributed by atoms with Crippen LogP contribution in [-0.4, -0.2) is 24.2 Å². The lowest BCUT2D eigenvalue weighted by atomic mass is 9.81. The topological polar surface area (TPSA) is 49.3 Å². The molecule has 1 aromatic carbocycles. The fourth-order valence-electron chi connectivity index (χ4n) is 2.25. The first-order chi connectivity index (χ1) is 7.62. The molecule has 1 saturated heterocycles. The summed E-state index contributed by atoms with van der Waals surface area (Å²) < 4.78 is 0. The highest BCUT2D eigenvalue weighted by Crippen LogP contribution is 2.30. The molecule has 1 fully saturated rings. The molecule has 1 aromatic rings. The Hall–Kier alpha value is -1.35. The van der Waals surface area contributed by atoms with Crippen LogP contribution >= 0.6 is 0 Å². The molecule has 1 unspecified atom stereocenters. The molecule has 2 rings (SSSR count). The third-order valence-electron chi connectivity index (χ3n) is 3.36. The summed E-state index contributed by atoms with van der Waals surface area (Å²) >= 11 is 0. The fraction of sp³-hybridized carbons (Fsp3) is 0.462. The Balaban J connectivity index is 2.18. The fourth-order valence-corrected chi connectivity index (χ4v) is 2.25. The van der Waals surface area contributed by atoms with Crippen LogP contribution < -0.4 is 5.32 Å². The van der Waals surface area contributed by atoms with Crippen molar-refractivity contribution in [2.75, 3.05) is 13.1 Å². The lowest BCUT2D eigenvalue weighted by Crippen LogP contribution is -2.35. The molecule has 0 radical (unpaired) electrons. The SMILES string of the molecule is Cc1ccc(CC2(C(=O)O)CCNC2)cc1. The zero-order chi connectivity index (χ0) is 11.6. The van der Waals surface area contributed by atoms with Crippen LogP contribution in [0.3, 0.4) is 0 Å². The largest absolute Gasteiger partial charge is 0.481 e. The van der Waals surface area contributed by atoms with Crippen LogP contribution in [0, 0.1) is 12.3 Å². The van der Waals surface area contributed by atoms with Crippen molar-refractivity contribution in [1.29, 1.82) is 0 Å². The molecule has 1 heterocycles. The first-order valence-corrected chi connectivity index (χ1v) is 5.62. The van der Waals surface area contributed by atoms with Crippen molar-refractivity contribution in [3.63, 3.8) is 0 Å². The second kappa shape index (κ2) is 4.26. The number of benzene rings is 1. The number of hydrogen-bond acceptors (Lipinski definition) is 2. The van der Waals surface area contributed by atoms with Gasteiger partial charge in [0.15, 0.2) is 0 Å². The molecule has 0 spiro atoms. The molecule has 0 saturated carbocycles. The van der Waals surface area contributed by atoms with E-state index in [1.807, 2.05) is 31.2 Å². The summed E-state index contributed by atoms with van der Waals surface area (Å²) in [6.45, 7) is 3.42. The number of aliphatic carboxylic acids is 1. The van der Waals surface area contributed by atoms with Gasteiger partial charge in [-0.1, -0.05) is 29.8 Å². The maximum absolute atomic E-state index is 11.4. The Bertz CT molecular complexity index is 377. The molecule has 3 heteroatoms. The van der Waals surface area contributed by atoms with E-state index >= 15 is 0 Å². The van der Waals surface area contributed by atoms with Crippen LogP contribution in [0.1, 0.15) is 17.5 Å². The summed E-state index contributed by atoms with van der Waals surface area (Å²) in [7, 11) is 0. The molecule has 86 valence electrons. The van der Waals surface area contributed by atoms with Gasteiger partial charge < -0.3 is 10.4 Å². The molecule has 1 aliphatic heterocycles. The van der Waals surface area contributed by atoms with Crippen molar-refractivity contribution < 1.29 is 9.90 Å². The lowest BCUT2D eigenvalue weighted by Gasteiger charge is -2.22. The van der Waals surface area contributed by atoms with Crippen molar-refractivity contribution in [2.45, 2.75) is 19.8 Å². The second-order valence-electron chi connectivity index (χ2n) is 4.67. The van der Waals surface area contributed by atoms with Gasteiger partial charge in [-0.3, -0.25) is 4.79 Å². The van der Waals surface area contributed by atoms with Gasteiger partial charge >= 0.3 is 5.97 Å². The molecular weight excluding hydrogens is 202 g/mol. The standard InChI is InChI=1S/C13H17NO2/c1-10-2-4-11(5-3-10)8-13(12(15)16)6-7-14-9-13/h2-5,14H,6-9H2,1H3,(H,15,16). The van der Waals surface area contributed by atoms with Crippen molar-refractivity contribution >= 4 is 5.97 Å². The average molecular weight is 219 g/mol. The van der Waals surface area contributed by atoms with E-state index in [9.17, 15) is 9.90 Å². The number of nitrogens with one attached hydrogen (secondary N) is 1. The molecule has 3 nitrogen and oxygen atoms in total. The normalized spacial score (nSPS) is 24.6. The molecule has 0 aromatic heterocycles. The predicted octanol–water partition coefficient (Wildman–Crippen LogP) is 1.60. The summed E-state index contributed by atoms with van der Waals surface area (Å²) in [4.78, 5) is 11.4. The van der Waals surface area contributed by atoms with Gasteiger partial charge in [0.05, 0.1) is 5.41 Å². The molecule has 1 atom stereocenters. The van der Waals surface area contributed by atoms with Gasteiger partial charge in [-0.15, -0.1) is 0 Å². The highest BCUT2D eigenvalue weighted by molar-refractivity contribution is 5.76. The zero-order valence-electron chi connectivity index (χ0n) is 9.49. The van der Waals surface area contributed by atoms with Crippen molar-refractivity contribution in [2.24, 2.45) is 5.41 Å². The van der Waals surface area contributed by atoms with Crippen LogP contribution in [0.15, 0.2) is 24.3 Å². The third kappa shape index (κ3) is 2.09. The first-order valence-electron chi connectivity index (χ1n) is 5.62. The van der Waals surface area contributed by atoms with Gasteiger partial charge in [0.25, 0.3) is 0 Å². The minimum Gasteiger partial charge on any atom is -0.481 e. The number of aryl methyl sites for hydroxylation is 1. The van der Waals surface area contributed by atoms with Gasteiger partial charge in [0.2, 0.25) is 0 Å². The molecule has 1 aliphatic rings. The average Bonchev–Trinajstić information content (AvgIpc) is 2.71. The summed E-state index contributed by atoms with van der Waals surface area (Å²) in [5, 5.41) is 12.5. The summed E-state index contributed by atoms with van der Waals surface area (Å²) in [5.74, 6) is -0.682. The van der Waals surface area contributed by atoms with Crippen LogP contribution in [0.25, 0.3) is 0 Å². The van der Waals surface area contributed by atoms with Crippen molar-refractivity contribution in [3.05, 3.63) is 35.4 Å². The van der Waals surface area contributed by atoms with E-state index in [4.69, 9.17) is 0 Å². The number of carboxylic acids is 1. The molecule has 2 N–H and O–H groups in total. The Morgan fingerprint density at radius 3 is 2.62 bits per heavy atom. The van der Waals surface area contributed by atoms with E-state index in [2.05, 4.69) is 5.32 Å². The minimum atomic E-state index is -0.682. The van der Waals surface area contributed by atoms with Gasteiger partial charge in [-0.25, -0.2) is 0 Å². The van der Waals surface area contributed by atoms with Crippen LogP contribution in [0.5, 0.6) is 0 Å². The van der Waals surface area contributed by atoms with Crippen molar-refractivity contribution in [3.8, 4) is 0 Å². The molecular formula is C13H17NO2. The van der Waals surface area contributed by atoms with Gasteiger partial charge in [-0.2, -0.15) is 0 Å². The van der Waals surface area contributed by atoms with E-state index in [1.54, 1.807) is 0 Å². The Morgan fingerprint density at radius 2 is 2.12 bits per heavy atom. The lowest BCUT2D eigenvalue weighted by molar-refractivity contribution is -0.147. The van der Waals surface area contributed by atoms with E-state index in [-0.39, 0.29) is 0 Å². The molecule has 0 aliphatic carbocycles. The molecule has 0 amide bonds. The number of rotatable bonds is 3. The number of carboxylic acid groups (broad SMARTS) is 1. The highest BCUT2D eigenvalue weighted by Gasteiger charge is 2.41. The third-order valence-corrected chi connectivity index (χ3v) is 3.36. The number of hydrogen-bond donors (Lipinski definition) is 2. The van der Waals surface area contributed by atoms with E-state index < -0.39 is 11.4 Å². The van der Waals surface area contributed by atoms with E-state index in [0.717, 1.165) is 18.5 Å². The zero-order valence-corrected chi connectivity index (χ0v) is 9.49. The van der Waals surface area contributed by atoms with Gasteiger partial charge in [0, 0.05) is 6.54 Å². The van der Waals surface area contributed by atoms with Crippen LogP contribution in [0.4, 0.5) is 0 Å². The molecule has 16 heavy (non-hydrogen) atoms. The monoisotopic (exact) mass is 219 g/mol. The smallest absolute Gasteiger partial charge is 0.311 e. The summed E-state index contributed by atoms with van der Waals surface area (Å²) in [5.41, 5.74) is 1.71. The quantitative estimate of drug-likeness (QED) is 0.812. The Morgan fingerprint density at radius 1 is 1.44 bits per heavy atom. The minimum absolute atomic E-state index is 0.580. The van der Waals surface area contributed by atoms with Crippen LogP contribution in [-0.2, 0) is 11.2 Å². The number of carbonyl (C=O) groups is 1. The Labute approximate surface area is 95.5 Å². The Kier molecular flexibility index (Phi) is 2.97. The van der Waals surface area contributed by atoms with Crippen LogP contribution in [0.2, 0.25) is 0 Å². The highest BCUT2D eigenvalue weighted by atomic mass is 16.4. The van der Waals surface area contributed by atoms with Gasteiger partial charge in [0.1, 0.15) is 0 Å². The van der Waals surface area contributed by atoms with Gasteiger partial charge in [-0.05, 0) is 31.9 Å². The molecule has 0 bridgehead atoms. The summed E-state index contributed by atoms with van der Waals surface area (Å²) in [6, 6.07) is 8.12. The van der Waals surface area contributed by atoms with E-state index in [1.165, 1.54) is 5.56 Å². The second-order valence-corrected chi connectivity index (χ2v) is 4.67. The summed E-state index contributed by atoms with van der Waals surface area (Å²) in [6.07, 6.45) is 1.34. The first kappa shape index (κ1) is 11.1.